The molecule has 0 aromatic carbocycles. The van der Waals surface area contributed by atoms with Crippen LogP contribution in [0.4, 0.5) is 0 Å². The number of fused-ring (bicyclic) bond motifs is 1. The van der Waals surface area contributed by atoms with Crippen LogP contribution in [-0.4, -0.2) is 59.3 Å². The normalized spacial score (nSPS) is 32.6. The van der Waals surface area contributed by atoms with E-state index in [1.807, 2.05) is 0 Å². The number of nitrogens with zero attached hydrogens (tertiary/aromatic N) is 3. The summed E-state index contributed by atoms with van der Waals surface area (Å²) in [4.78, 5) is 4.37. The molecule has 2 aliphatic rings. The first-order chi connectivity index (χ1) is 6.68. The van der Waals surface area contributed by atoms with Crippen LogP contribution in [-0.2, 0) is 0 Å². The lowest BCUT2D eigenvalue weighted by molar-refractivity contribution is 0.140. The molecular weight excluding hydrogens is 180 g/mol. The van der Waals surface area contributed by atoms with Crippen LogP contribution in [0, 0.1) is 0 Å². The highest BCUT2D eigenvalue weighted by atomic mass is 16.3. The number of nitrogens with two attached hydrogens (primary N) is 1. The first kappa shape index (κ1) is 9.89. The molecule has 2 rings (SSSR count). The summed E-state index contributed by atoms with van der Waals surface area (Å²) in [6, 6.07) is 0.0223. The molecular formula is C9H18N4O. The van der Waals surface area contributed by atoms with Gasteiger partial charge in [-0.15, -0.1) is 0 Å². The summed E-state index contributed by atoms with van der Waals surface area (Å²) in [7, 11) is 0. The zero-order valence-electron chi connectivity index (χ0n) is 8.56. The fourth-order valence-electron chi connectivity index (χ4n) is 2.04. The van der Waals surface area contributed by atoms with Crippen molar-refractivity contribution in [1.29, 1.82) is 0 Å². The highest BCUT2D eigenvalue weighted by Crippen LogP contribution is 2.19. The van der Waals surface area contributed by atoms with Crippen LogP contribution < -0.4 is 5.73 Å². The number of rotatable bonds is 2. The average Bonchev–Trinajstić information content (AvgIpc) is 2.61. The van der Waals surface area contributed by atoms with Crippen LogP contribution in [0.5, 0.6) is 0 Å². The summed E-state index contributed by atoms with van der Waals surface area (Å²) in [5.41, 5.74) is 5.96. The molecule has 5 nitrogen and oxygen atoms in total. The molecule has 0 spiro atoms. The zero-order valence-corrected chi connectivity index (χ0v) is 8.56. The fraction of sp³-hybridized carbons (Fsp3) is 0.889. The number of aliphatic hydroxyl groups excluding tert-OH is 1. The summed E-state index contributed by atoms with van der Waals surface area (Å²) in [5, 5.41) is 13.6. The van der Waals surface area contributed by atoms with Gasteiger partial charge in [-0.2, -0.15) is 0 Å². The SMILES string of the molecule is CC(O)CN=C1C(N)CN2CCCN12. The maximum Gasteiger partial charge on any atom is 0.132 e. The van der Waals surface area contributed by atoms with Gasteiger partial charge in [0.2, 0.25) is 0 Å². The minimum atomic E-state index is -0.383. The van der Waals surface area contributed by atoms with Crippen molar-refractivity contribution in [3.63, 3.8) is 0 Å². The van der Waals surface area contributed by atoms with Crippen LogP contribution >= 0.6 is 0 Å². The van der Waals surface area contributed by atoms with Gasteiger partial charge in [0.25, 0.3) is 0 Å². The average molecular weight is 198 g/mol. The van der Waals surface area contributed by atoms with Gasteiger partial charge in [-0.1, -0.05) is 0 Å². The van der Waals surface area contributed by atoms with Crippen molar-refractivity contribution in [2.75, 3.05) is 26.2 Å². The lowest BCUT2D eigenvalue weighted by atomic mass is 10.2. The van der Waals surface area contributed by atoms with Gasteiger partial charge in [0.1, 0.15) is 5.84 Å². The number of hydrazine groups is 1. The molecule has 0 amide bonds. The van der Waals surface area contributed by atoms with Crippen molar-refractivity contribution >= 4 is 5.84 Å². The lowest BCUT2D eigenvalue weighted by Gasteiger charge is -2.20. The van der Waals surface area contributed by atoms with Crippen molar-refractivity contribution in [1.82, 2.24) is 10.0 Å². The molecule has 2 fully saturated rings. The van der Waals surface area contributed by atoms with Gasteiger partial charge in [0.05, 0.1) is 18.7 Å². The largest absolute Gasteiger partial charge is 0.391 e. The molecule has 2 atom stereocenters. The smallest absolute Gasteiger partial charge is 0.132 e. The molecule has 14 heavy (non-hydrogen) atoms. The van der Waals surface area contributed by atoms with E-state index in [1.54, 1.807) is 6.92 Å². The fourth-order valence-corrected chi connectivity index (χ4v) is 2.04. The summed E-state index contributed by atoms with van der Waals surface area (Å²) in [6.45, 7) is 5.17. The summed E-state index contributed by atoms with van der Waals surface area (Å²) >= 11 is 0. The van der Waals surface area contributed by atoms with Crippen LogP contribution in [0.25, 0.3) is 0 Å². The molecule has 0 saturated carbocycles. The molecule has 5 heteroatoms. The Bertz CT molecular complexity index is 241. The predicted octanol–water partition coefficient (Wildman–Crippen LogP) is -0.971. The quantitative estimate of drug-likeness (QED) is 0.599. The van der Waals surface area contributed by atoms with Crippen LogP contribution in [0.3, 0.4) is 0 Å². The minimum Gasteiger partial charge on any atom is -0.391 e. The molecule has 0 radical (unpaired) electrons. The van der Waals surface area contributed by atoms with E-state index in [9.17, 15) is 0 Å². The Morgan fingerprint density at radius 2 is 2.43 bits per heavy atom. The van der Waals surface area contributed by atoms with Crippen LogP contribution in [0.1, 0.15) is 13.3 Å². The Morgan fingerprint density at radius 3 is 3.14 bits per heavy atom. The topological polar surface area (TPSA) is 65.1 Å². The van der Waals surface area contributed by atoms with Gasteiger partial charge in [0, 0.05) is 19.6 Å². The van der Waals surface area contributed by atoms with Gasteiger partial charge in [0.15, 0.2) is 0 Å². The predicted molar refractivity (Wildman–Crippen MR) is 54.9 cm³/mol. The first-order valence-corrected chi connectivity index (χ1v) is 5.19. The number of hydrogen-bond donors (Lipinski definition) is 2. The molecule has 2 aliphatic heterocycles. The van der Waals surface area contributed by atoms with E-state index in [1.165, 1.54) is 6.42 Å². The van der Waals surface area contributed by atoms with E-state index >= 15 is 0 Å². The third kappa shape index (κ3) is 1.75. The molecule has 3 N–H and O–H groups in total. The molecule has 0 aromatic heterocycles. The molecule has 0 bridgehead atoms. The van der Waals surface area contributed by atoms with E-state index in [4.69, 9.17) is 10.8 Å². The summed E-state index contributed by atoms with van der Waals surface area (Å²) in [5.74, 6) is 0.948. The molecule has 0 aromatic rings. The zero-order chi connectivity index (χ0) is 10.1. The standard InChI is InChI=1S/C9H18N4O/c1-7(14)5-11-9-8(10)6-12-3-2-4-13(9)12/h7-8,14H,2-6,10H2,1H3. The number of amidine groups is 1. The second-order valence-corrected chi connectivity index (χ2v) is 4.04. The van der Waals surface area contributed by atoms with E-state index in [-0.39, 0.29) is 12.1 Å². The van der Waals surface area contributed by atoms with Crippen molar-refractivity contribution in [2.24, 2.45) is 10.7 Å². The maximum atomic E-state index is 9.16. The Labute approximate surface area is 84.2 Å². The van der Waals surface area contributed by atoms with Gasteiger partial charge in [-0.3, -0.25) is 10.0 Å². The van der Waals surface area contributed by atoms with E-state index in [0.717, 1.165) is 25.5 Å². The van der Waals surface area contributed by atoms with Gasteiger partial charge < -0.3 is 10.8 Å². The molecule has 2 saturated heterocycles. The number of aliphatic imine (C=N–C) groups is 1. The van der Waals surface area contributed by atoms with Crippen LogP contribution in [0.15, 0.2) is 4.99 Å². The maximum absolute atomic E-state index is 9.16. The highest BCUT2D eigenvalue weighted by molar-refractivity contribution is 5.89. The minimum absolute atomic E-state index is 0.0223. The summed E-state index contributed by atoms with van der Waals surface area (Å²) in [6.07, 6.45) is 0.798. The van der Waals surface area contributed by atoms with E-state index < -0.39 is 0 Å². The Kier molecular flexibility index (Phi) is 2.71. The van der Waals surface area contributed by atoms with E-state index in [0.29, 0.717) is 6.54 Å². The monoisotopic (exact) mass is 198 g/mol. The second kappa shape index (κ2) is 3.84. The van der Waals surface area contributed by atoms with Crippen molar-refractivity contribution < 1.29 is 5.11 Å². The summed E-state index contributed by atoms with van der Waals surface area (Å²) < 4.78 is 0. The van der Waals surface area contributed by atoms with Gasteiger partial charge >= 0.3 is 0 Å². The van der Waals surface area contributed by atoms with Crippen LogP contribution in [0.2, 0.25) is 0 Å². The third-order valence-corrected chi connectivity index (χ3v) is 2.65. The third-order valence-electron chi connectivity index (χ3n) is 2.65. The Balaban J connectivity index is 2.05. The number of hydrogen-bond acceptors (Lipinski definition) is 4. The molecule has 2 heterocycles. The van der Waals surface area contributed by atoms with Crippen molar-refractivity contribution in [3.8, 4) is 0 Å². The van der Waals surface area contributed by atoms with Gasteiger partial charge in [-0.25, -0.2) is 5.01 Å². The first-order valence-electron chi connectivity index (χ1n) is 5.19. The van der Waals surface area contributed by atoms with Crippen molar-refractivity contribution in [3.05, 3.63) is 0 Å². The Hall–Kier alpha value is -0.650. The Morgan fingerprint density at radius 1 is 1.64 bits per heavy atom. The number of aliphatic hydroxyl groups is 1. The molecule has 80 valence electrons. The van der Waals surface area contributed by atoms with E-state index in [2.05, 4.69) is 15.0 Å². The molecule has 0 aliphatic carbocycles. The van der Waals surface area contributed by atoms with Gasteiger partial charge in [-0.05, 0) is 13.3 Å². The lowest BCUT2D eigenvalue weighted by Crippen LogP contribution is -2.36. The second-order valence-electron chi connectivity index (χ2n) is 4.04. The van der Waals surface area contributed by atoms with Crippen molar-refractivity contribution in [2.45, 2.75) is 25.5 Å². The highest BCUT2D eigenvalue weighted by Gasteiger charge is 2.36. The molecule has 2 unspecified atom stereocenters.